The fraction of sp³-hybridized carbons (Fsp3) is 0.588. The smallest absolute Gasteiger partial charge is 0.281 e. The average molecular weight is 414 g/mol. The number of pyridine rings is 1. The molecule has 28 heavy (non-hydrogen) atoms. The van der Waals surface area contributed by atoms with E-state index in [1.54, 1.807) is 12.1 Å². The first-order valence-corrected chi connectivity index (χ1v) is 10.5. The Bertz CT molecular complexity index is 784. The van der Waals surface area contributed by atoms with Gasteiger partial charge in [0.05, 0.1) is 6.54 Å². The van der Waals surface area contributed by atoms with E-state index in [4.69, 9.17) is 4.74 Å². The highest BCUT2D eigenvalue weighted by Gasteiger charge is 2.24. The van der Waals surface area contributed by atoms with E-state index >= 15 is 0 Å². The molecule has 2 N–H and O–H groups in total. The molecule has 0 radical (unpaired) electrons. The molecular weight excluding hydrogens is 386 g/mol. The summed E-state index contributed by atoms with van der Waals surface area (Å²) in [6.45, 7) is 1.21. The largest absolute Gasteiger partial charge is 0.489 e. The minimum atomic E-state index is -3.61. The monoisotopic (exact) mass is 413 g/mol. The third kappa shape index (κ3) is 6.14. The summed E-state index contributed by atoms with van der Waals surface area (Å²) in [6.07, 6.45) is 2.54. The van der Waals surface area contributed by atoms with Crippen molar-refractivity contribution >= 4 is 22.0 Å². The molecular formula is C17H27N5O5S. The van der Waals surface area contributed by atoms with Crippen molar-refractivity contribution in [2.75, 3.05) is 46.9 Å². The highest BCUT2D eigenvalue weighted by Crippen LogP contribution is 2.15. The van der Waals surface area contributed by atoms with Gasteiger partial charge in [-0.2, -0.15) is 17.0 Å². The molecule has 156 valence electrons. The molecule has 0 unspecified atom stereocenters. The van der Waals surface area contributed by atoms with Gasteiger partial charge in [-0.1, -0.05) is 0 Å². The first-order valence-electron chi connectivity index (χ1n) is 9.12. The molecule has 0 aromatic carbocycles. The molecule has 11 heteroatoms. The zero-order valence-electron chi connectivity index (χ0n) is 16.2. The maximum Gasteiger partial charge on any atom is 0.281 e. The minimum Gasteiger partial charge on any atom is -0.489 e. The fourth-order valence-electron chi connectivity index (χ4n) is 2.65. The van der Waals surface area contributed by atoms with Crippen LogP contribution >= 0.6 is 0 Å². The number of ether oxygens (including phenoxy) is 1. The van der Waals surface area contributed by atoms with Gasteiger partial charge in [-0.3, -0.25) is 9.59 Å². The lowest BCUT2D eigenvalue weighted by molar-refractivity contribution is -0.121. The zero-order valence-corrected chi connectivity index (χ0v) is 17.0. The molecule has 0 bridgehead atoms. The van der Waals surface area contributed by atoms with Crippen molar-refractivity contribution in [1.29, 1.82) is 0 Å². The van der Waals surface area contributed by atoms with Crippen molar-refractivity contribution in [3.05, 3.63) is 24.0 Å². The van der Waals surface area contributed by atoms with E-state index in [0.29, 0.717) is 18.6 Å². The number of nitrogens with zero attached hydrogens (tertiary/aromatic N) is 3. The van der Waals surface area contributed by atoms with E-state index in [0.717, 1.165) is 4.31 Å². The van der Waals surface area contributed by atoms with Gasteiger partial charge in [-0.25, -0.2) is 4.98 Å². The first-order chi connectivity index (χ1) is 13.3. The molecule has 0 spiro atoms. The number of carbonyl (C=O) groups excluding carboxylic acids is 2. The van der Waals surface area contributed by atoms with Crippen LogP contribution in [0.5, 0.6) is 5.75 Å². The Morgan fingerprint density at radius 2 is 1.89 bits per heavy atom. The Labute approximate surface area is 165 Å². The second-order valence-electron chi connectivity index (χ2n) is 6.45. The summed E-state index contributed by atoms with van der Waals surface area (Å²) < 4.78 is 33.0. The van der Waals surface area contributed by atoms with Crippen LogP contribution in [0.4, 0.5) is 0 Å². The summed E-state index contributed by atoms with van der Waals surface area (Å²) >= 11 is 0. The minimum absolute atomic E-state index is 0.152. The number of amides is 2. The Kier molecular flexibility index (Phi) is 8.15. The van der Waals surface area contributed by atoms with Crippen LogP contribution in [0.25, 0.3) is 0 Å². The fourth-order valence-corrected chi connectivity index (χ4v) is 3.83. The van der Waals surface area contributed by atoms with Gasteiger partial charge in [0.2, 0.25) is 5.91 Å². The summed E-state index contributed by atoms with van der Waals surface area (Å²) in [6, 6.07) is 3.30. The molecule has 1 aromatic rings. The van der Waals surface area contributed by atoms with E-state index < -0.39 is 16.1 Å². The maximum absolute atomic E-state index is 12.5. The van der Waals surface area contributed by atoms with E-state index in [1.807, 2.05) is 0 Å². The lowest BCUT2D eigenvalue weighted by Crippen LogP contribution is -2.42. The van der Waals surface area contributed by atoms with Gasteiger partial charge in [-0.15, -0.1) is 0 Å². The summed E-state index contributed by atoms with van der Waals surface area (Å²) in [4.78, 5) is 28.4. The van der Waals surface area contributed by atoms with Crippen LogP contribution in [0, 0.1) is 0 Å². The molecule has 1 aliphatic heterocycles. The lowest BCUT2D eigenvalue weighted by Gasteiger charge is -2.25. The van der Waals surface area contributed by atoms with Gasteiger partial charge in [-0.05, 0) is 25.0 Å². The molecule has 0 atom stereocenters. The van der Waals surface area contributed by atoms with E-state index in [9.17, 15) is 18.0 Å². The Balaban J connectivity index is 2.12. The summed E-state index contributed by atoms with van der Waals surface area (Å²) in [7, 11) is -0.680. The SMILES string of the molecule is CN(C)S(=O)(=O)N1CCCNC(=O)c2ncccc2OCCNC(=O)CCC1. The van der Waals surface area contributed by atoms with Crippen LogP contribution in [-0.2, 0) is 15.0 Å². The molecule has 2 amide bonds. The van der Waals surface area contributed by atoms with Gasteiger partial charge in [0.25, 0.3) is 16.1 Å². The molecule has 1 aromatic heterocycles. The van der Waals surface area contributed by atoms with Crippen LogP contribution < -0.4 is 15.4 Å². The van der Waals surface area contributed by atoms with Crippen LogP contribution in [0.15, 0.2) is 18.3 Å². The number of fused-ring (bicyclic) bond motifs is 1. The lowest BCUT2D eigenvalue weighted by atomic mass is 10.2. The summed E-state index contributed by atoms with van der Waals surface area (Å²) in [5.41, 5.74) is 0.152. The quantitative estimate of drug-likeness (QED) is 0.681. The number of hydrogen-bond acceptors (Lipinski definition) is 6. The number of nitrogens with one attached hydrogen (secondary N) is 2. The predicted molar refractivity (Wildman–Crippen MR) is 103 cm³/mol. The number of hydrogen-bond donors (Lipinski definition) is 2. The highest BCUT2D eigenvalue weighted by molar-refractivity contribution is 7.86. The third-order valence-corrected chi connectivity index (χ3v) is 6.08. The first kappa shape index (κ1) is 22.1. The van der Waals surface area contributed by atoms with Crippen LogP contribution in [0.1, 0.15) is 29.8 Å². The van der Waals surface area contributed by atoms with Crippen LogP contribution in [0.2, 0.25) is 0 Å². The molecule has 1 aliphatic rings. The van der Waals surface area contributed by atoms with Gasteiger partial charge in [0, 0.05) is 46.3 Å². The normalized spacial score (nSPS) is 18.7. The van der Waals surface area contributed by atoms with Gasteiger partial charge in [0.15, 0.2) is 11.4 Å². The Hall–Kier alpha value is -2.24. The molecule has 0 fully saturated rings. The highest BCUT2D eigenvalue weighted by atomic mass is 32.2. The van der Waals surface area contributed by atoms with E-state index in [2.05, 4.69) is 15.6 Å². The van der Waals surface area contributed by atoms with Gasteiger partial charge in [0.1, 0.15) is 6.61 Å². The Morgan fingerprint density at radius 1 is 1.14 bits per heavy atom. The van der Waals surface area contributed by atoms with E-state index in [-0.39, 0.29) is 50.8 Å². The van der Waals surface area contributed by atoms with E-state index in [1.165, 1.54) is 24.6 Å². The van der Waals surface area contributed by atoms with Crippen molar-refractivity contribution in [2.45, 2.75) is 19.3 Å². The average Bonchev–Trinajstić information content (AvgIpc) is 2.66. The molecule has 0 saturated carbocycles. The van der Waals surface area contributed by atoms with Crippen molar-refractivity contribution in [3.63, 3.8) is 0 Å². The summed E-state index contributed by atoms with van der Waals surface area (Å²) in [5.74, 6) is -0.242. The van der Waals surface area contributed by atoms with Crippen molar-refractivity contribution in [3.8, 4) is 5.75 Å². The van der Waals surface area contributed by atoms with Gasteiger partial charge < -0.3 is 15.4 Å². The maximum atomic E-state index is 12.5. The van der Waals surface area contributed by atoms with Gasteiger partial charge >= 0.3 is 0 Å². The number of rotatable bonds is 2. The van der Waals surface area contributed by atoms with Crippen LogP contribution in [0.3, 0.4) is 0 Å². The third-order valence-electron chi connectivity index (χ3n) is 4.14. The molecule has 0 saturated heterocycles. The second-order valence-corrected chi connectivity index (χ2v) is 8.59. The van der Waals surface area contributed by atoms with Crippen LogP contribution in [-0.4, -0.2) is 80.7 Å². The Morgan fingerprint density at radius 3 is 2.64 bits per heavy atom. The molecule has 2 rings (SSSR count). The molecule has 0 aliphatic carbocycles. The van der Waals surface area contributed by atoms with Crippen molar-refractivity contribution in [1.82, 2.24) is 24.2 Å². The molecule has 2 heterocycles. The van der Waals surface area contributed by atoms with Crippen molar-refractivity contribution in [2.24, 2.45) is 0 Å². The predicted octanol–water partition coefficient (Wildman–Crippen LogP) is -0.401. The number of carbonyl (C=O) groups is 2. The summed E-state index contributed by atoms with van der Waals surface area (Å²) in [5, 5.41) is 5.46. The zero-order chi connectivity index (χ0) is 20.6. The molecule has 10 nitrogen and oxygen atoms in total. The second kappa shape index (κ2) is 10.3. The van der Waals surface area contributed by atoms with Crippen molar-refractivity contribution < 1.29 is 22.7 Å². The standard InChI is InChI=1S/C17H27N5O5S/c1-21(2)28(25,26)22-11-4-7-15(23)18-10-13-27-14-6-3-8-19-16(14)17(24)20-9-5-12-22/h3,6,8H,4-5,7,9-13H2,1-2H3,(H,18,23)(H,20,24). The number of aromatic nitrogens is 1. The topological polar surface area (TPSA) is 121 Å².